The molecular weight excluding hydrogens is 513 g/mol. The van der Waals surface area contributed by atoms with Crippen LogP contribution in [0.15, 0.2) is 48.8 Å². The number of carbonyl (C=O) groups excluding carboxylic acids is 2. The Morgan fingerprint density at radius 1 is 1.15 bits per heavy atom. The summed E-state index contributed by atoms with van der Waals surface area (Å²) in [7, 11) is -0.504. The van der Waals surface area contributed by atoms with Gasteiger partial charge in [-0.05, 0) is 79.2 Å². The summed E-state index contributed by atoms with van der Waals surface area (Å²) in [5, 5.41) is 6.74. The molecule has 1 saturated heterocycles. The van der Waals surface area contributed by atoms with Crippen molar-refractivity contribution in [3.8, 4) is 0 Å². The Morgan fingerprint density at radius 3 is 2.62 bits per heavy atom. The van der Waals surface area contributed by atoms with Gasteiger partial charge in [0.25, 0.3) is 5.91 Å². The molecule has 2 heterocycles. The van der Waals surface area contributed by atoms with Gasteiger partial charge in [-0.25, -0.2) is 0 Å². The van der Waals surface area contributed by atoms with E-state index in [2.05, 4.69) is 50.2 Å². The second kappa shape index (κ2) is 10.9. The third kappa shape index (κ3) is 5.61. The highest BCUT2D eigenvalue weighted by Gasteiger charge is 2.68. The lowest BCUT2D eigenvalue weighted by Gasteiger charge is -2.64. The van der Waals surface area contributed by atoms with Crippen LogP contribution in [0.5, 0.6) is 0 Å². The molecule has 0 spiro atoms. The summed E-state index contributed by atoms with van der Waals surface area (Å²) in [5.41, 5.74) is 1.08. The Morgan fingerprint density at radius 2 is 1.95 bits per heavy atom. The Labute approximate surface area is 236 Å². The number of halogens is 1. The van der Waals surface area contributed by atoms with Gasteiger partial charge in [-0.3, -0.25) is 14.6 Å². The lowest BCUT2D eigenvalue weighted by Crippen LogP contribution is -2.65. The smallest absolute Gasteiger partial charge is 0.404 e. The number of nitrogens with one attached hydrogen (secondary N) is 2. The Kier molecular flexibility index (Phi) is 7.84. The predicted molar refractivity (Wildman–Crippen MR) is 152 cm³/mol. The van der Waals surface area contributed by atoms with Gasteiger partial charge in [0.1, 0.15) is 0 Å². The van der Waals surface area contributed by atoms with Crippen molar-refractivity contribution in [2.24, 2.45) is 23.2 Å². The zero-order valence-corrected chi connectivity index (χ0v) is 24.2. The number of rotatable bonds is 9. The molecule has 2 amide bonds. The van der Waals surface area contributed by atoms with Crippen LogP contribution in [0.4, 0.5) is 0 Å². The summed E-state index contributed by atoms with van der Waals surface area (Å²) >= 11 is 6.26. The molecule has 39 heavy (non-hydrogen) atoms. The summed E-state index contributed by atoms with van der Waals surface area (Å²) in [6.07, 6.45) is 6.10. The van der Waals surface area contributed by atoms with Crippen LogP contribution < -0.4 is 10.6 Å². The van der Waals surface area contributed by atoms with Crippen molar-refractivity contribution in [2.75, 3.05) is 0 Å². The molecule has 3 aliphatic carbocycles. The molecule has 6 rings (SSSR count). The first kappa shape index (κ1) is 28.1. The molecular formula is C30H39BClN3O4. The minimum Gasteiger partial charge on any atom is -0.404 e. The number of amides is 2. The van der Waals surface area contributed by atoms with E-state index in [1.807, 2.05) is 12.1 Å². The molecule has 208 valence electrons. The summed E-state index contributed by atoms with van der Waals surface area (Å²) < 4.78 is 13.2. The van der Waals surface area contributed by atoms with E-state index in [9.17, 15) is 9.59 Å². The quantitative estimate of drug-likeness (QED) is 0.408. The molecule has 0 radical (unpaired) electrons. The summed E-state index contributed by atoms with van der Waals surface area (Å²) in [6, 6.07) is 10.0. The molecule has 1 aromatic heterocycles. The third-order valence-corrected chi connectivity index (χ3v) is 9.47. The van der Waals surface area contributed by atoms with Crippen LogP contribution in [0, 0.1) is 23.2 Å². The van der Waals surface area contributed by atoms with Crippen LogP contribution in [0.25, 0.3) is 0 Å². The highest BCUT2D eigenvalue weighted by molar-refractivity contribution is 6.47. The topological polar surface area (TPSA) is 89.6 Å². The molecule has 2 aromatic rings. The largest absolute Gasteiger partial charge is 0.481 e. The first-order valence-corrected chi connectivity index (χ1v) is 14.4. The maximum absolute atomic E-state index is 13.5. The average Bonchev–Trinajstić information content (AvgIpc) is 3.25. The molecule has 6 atom stereocenters. The van der Waals surface area contributed by atoms with Crippen molar-refractivity contribution in [1.82, 2.24) is 15.6 Å². The van der Waals surface area contributed by atoms with Crippen molar-refractivity contribution in [3.05, 3.63) is 64.9 Å². The zero-order chi connectivity index (χ0) is 27.9. The van der Waals surface area contributed by atoms with Crippen LogP contribution >= 0.6 is 11.6 Å². The zero-order valence-electron chi connectivity index (χ0n) is 23.4. The van der Waals surface area contributed by atoms with Gasteiger partial charge < -0.3 is 19.9 Å². The molecule has 1 unspecified atom stereocenters. The van der Waals surface area contributed by atoms with Crippen LogP contribution in [-0.2, 0) is 14.1 Å². The number of benzene rings is 1. The van der Waals surface area contributed by atoms with Gasteiger partial charge in [-0.15, -0.1) is 0 Å². The minimum absolute atomic E-state index is 0.0452. The van der Waals surface area contributed by atoms with Gasteiger partial charge in [0.05, 0.1) is 35.7 Å². The van der Waals surface area contributed by atoms with E-state index in [0.717, 1.165) is 18.4 Å². The van der Waals surface area contributed by atoms with E-state index in [1.165, 1.54) is 12.6 Å². The second-order valence-electron chi connectivity index (χ2n) is 12.7. The first-order valence-electron chi connectivity index (χ1n) is 14.1. The standard InChI is InChI=1S/C30H39BClN3O4/c1-18(2)12-26(31-38-25-15-21-14-24(29(21,3)4)30(25,5)39-31)35-27(36)16-23(19-8-6-10-22(32)13-19)34-28(37)20-9-7-11-33-17-20/h6-11,13,17-18,21,23-26H,12,14-16H2,1-5H3,(H,34,37)(H,35,36)/t21-,23?,24-,25+,26-,30-/m0/s1. The fraction of sp³-hybridized carbons (Fsp3) is 0.567. The molecule has 4 aliphatic rings. The lowest BCUT2D eigenvalue weighted by atomic mass is 9.43. The molecule has 3 saturated carbocycles. The number of carbonyl (C=O) groups is 2. The van der Waals surface area contributed by atoms with Gasteiger partial charge in [0.2, 0.25) is 5.91 Å². The van der Waals surface area contributed by atoms with Crippen molar-refractivity contribution in [3.63, 3.8) is 0 Å². The molecule has 4 fully saturated rings. The number of pyridine rings is 1. The van der Waals surface area contributed by atoms with E-state index in [-0.39, 0.29) is 41.3 Å². The van der Waals surface area contributed by atoms with E-state index < -0.39 is 13.2 Å². The SMILES string of the molecule is CC(C)C[C@H](NC(=O)CC(NC(=O)c1cccnc1)c1cccc(Cl)c1)B1O[C@@H]2C[C@@H]3C[C@@H](C3(C)C)[C@]2(C)O1. The number of hydrogen-bond donors (Lipinski definition) is 2. The molecule has 1 aromatic carbocycles. The van der Waals surface area contributed by atoms with Gasteiger partial charge in [0.15, 0.2) is 0 Å². The summed E-state index contributed by atoms with van der Waals surface area (Å²) in [5.74, 6) is 0.646. The number of nitrogens with zero attached hydrogens (tertiary/aromatic N) is 1. The monoisotopic (exact) mass is 551 g/mol. The maximum Gasteiger partial charge on any atom is 0.481 e. The Balaban J connectivity index is 1.31. The normalized spacial score (nSPS) is 28.3. The van der Waals surface area contributed by atoms with Crippen molar-refractivity contribution in [1.29, 1.82) is 0 Å². The fourth-order valence-corrected chi connectivity index (χ4v) is 7.18. The van der Waals surface area contributed by atoms with Crippen molar-refractivity contribution >= 4 is 30.5 Å². The minimum atomic E-state index is -0.574. The van der Waals surface area contributed by atoms with Crippen LogP contribution in [0.2, 0.25) is 5.02 Å². The van der Waals surface area contributed by atoms with Crippen molar-refractivity contribution in [2.45, 2.75) is 84.0 Å². The van der Waals surface area contributed by atoms with Gasteiger partial charge >= 0.3 is 7.12 Å². The van der Waals surface area contributed by atoms with Crippen LogP contribution in [-0.4, -0.2) is 41.6 Å². The first-order chi connectivity index (χ1) is 18.5. The van der Waals surface area contributed by atoms with E-state index in [0.29, 0.717) is 28.3 Å². The molecule has 2 bridgehead atoms. The van der Waals surface area contributed by atoms with Crippen LogP contribution in [0.1, 0.15) is 82.3 Å². The van der Waals surface area contributed by atoms with Gasteiger partial charge in [-0.1, -0.05) is 51.4 Å². The number of hydrogen-bond acceptors (Lipinski definition) is 5. The number of aromatic nitrogens is 1. The van der Waals surface area contributed by atoms with E-state index in [4.69, 9.17) is 20.9 Å². The Hall–Kier alpha value is -2.42. The third-order valence-electron chi connectivity index (χ3n) is 9.24. The van der Waals surface area contributed by atoms with E-state index >= 15 is 0 Å². The highest BCUT2D eigenvalue weighted by Crippen LogP contribution is 2.65. The Bertz CT molecular complexity index is 1210. The van der Waals surface area contributed by atoms with Gasteiger partial charge in [-0.2, -0.15) is 0 Å². The fourth-order valence-electron chi connectivity index (χ4n) is 6.98. The predicted octanol–water partition coefficient (Wildman–Crippen LogP) is 5.39. The molecule has 1 aliphatic heterocycles. The highest BCUT2D eigenvalue weighted by atomic mass is 35.5. The van der Waals surface area contributed by atoms with Crippen LogP contribution in [0.3, 0.4) is 0 Å². The maximum atomic E-state index is 13.5. The molecule has 2 N–H and O–H groups in total. The average molecular weight is 552 g/mol. The van der Waals surface area contributed by atoms with Crippen molar-refractivity contribution < 1.29 is 18.9 Å². The summed E-state index contributed by atoms with van der Waals surface area (Å²) in [6.45, 7) is 11.1. The van der Waals surface area contributed by atoms with E-state index in [1.54, 1.807) is 30.5 Å². The van der Waals surface area contributed by atoms with Gasteiger partial charge in [0, 0.05) is 17.4 Å². The molecule has 7 nitrogen and oxygen atoms in total. The second-order valence-corrected chi connectivity index (χ2v) is 13.1. The lowest BCUT2D eigenvalue weighted by molar-refractivity contribution is -0.199. The molecule has 9 heteroatoms. The summed E-state index contributed by atoms with van der Waals surface area (Å²) in [4.78, 5) is 30.5.